The first-order valence-corrected chi connectivity index (χ1v) is 8.61. The van der Waals surface area contributed by atoms with Crippen LogP contribution in [0.1, 0.15) is 21.6 Å². The second-order valence-electron chi connectivity index (χ2n) is 6.07. The van der Waals surface area contributed by atoms with Crippen LogP contribution in [0.25, 0.3) is 0 Å². The molecule has 5 nitrogen and oxygen atoms in total. The Morgan fingerprint density at radius 1 is 1.03 bits per heavy atom. The molecule has 0 bridgehead atoms. The highest BCUT2D eigenvalue weighted by Crippen LogP contribution is 2.32. The number of amides is 1. The van der Waals surface area contributed by atoms with Gasteiger partial charge in [0.2, 0.25) is 0 Å². The third-order valence-electron chi connectivity index (χ3n) is 3.97. The number of nitrogens with one attached hydrogen (secondary N) is 2. The molecule has 2 aromatic heterocycles. The van der Waals surface area contributed by atoms with Crippen LogP contribution in [-0.2, 0) is 12.6 Å². The van der Waals surface area contributed by atoms with Crippen LogP contribution < -0.4 is 10.6 Å². The molecule has 29 heavy (non-hydrogen) atoms. The van der Waals surface area contributed by atoms with E-state index in [4.69, 9.17) is 0 Å². The SMILES string of the molecule is O=C(Nc1ccc(NCCc2ccccn2)nc1)c1cc(F)ccc1C(F)(F)F. The van der Waals surface area contributed by atoms with E-state index < -0.39 is 29.0 Å². The fourth-order valence-corrected chi connectivity index (χ4v) is 2.59. The summed E-state index contributed by atoms with van der Waals surface area (Å²) in [5, 5.41) is 5.38. The average molecular weight is 404 g/mol. The third-order valence-corrected chi connectivity index (χ3v) is 3.97. The number of aromatic nitrogens is 2. The number of hydrogen-bond donors (Lipinski definition) is 2. The molecule has 3 rings (SSSR count). The Morgan fingerprint density at radius 2 is 1.86 bits per heavy atom. The molecule has 2 N–H and O–H groups in total. The molecule has 0 aliphatic rings. The molecule has 3 aromatic rings. The zero-order valence-corrected chi connectivity index (χ0v) is 15.0. The number of pyridine rings is 2. The third kappa shape index (κ3) is 5.50. The molecule has 0 fully saturated rings. The van der Waals surface area contributed by atoms with Crippen molar-refractivity contribution in [2.45, 2.75) is 12.6 Å². The lowest BCUT2D eigenvalue weighted by molar-refractivity contribution is -0.137. The van der Waals surface area contributed by atoms with Crippen molar-refractivity contribution in [3.63, 3.8) is 0 Å². The predicted molar refractivity (Wildman–Crippen MR) is 100 cm³/mol. The molecule has 0 aliphatic carbocycles. The van der Waals surface area contributed by atoms with Crippen LogP contribution in [0.2, 0.25) is 0 Å². The molecule has 0 aliphatic heterocycles. The number of alkyl halides is 3. The smallest absolute Gasteiger partial charge is 0.370 e. The summed E-state index contributed by atoms with van der Waals surface area (Å²) < 4.78 is 52.5. The zero-order valence-electron chi connectivity index (χ0n) is 15.0. The van der Waals surface area contributed by atoms with Crippen molar-refractivity contribution in [1.82, 2.24) is 9.97 Å². The molecule has 0 atom stereocenters. The van der Waals surface area contributed by atoms with Gasteiger partial charge in [-0.05, 0) is 42.5 Å². The van der Waals surface area contributed by atoms with E-state index in [0.29, 0.717) is 37.0 Å². The summed E-state index contributed by atoms with van der Waals surface area (Å²) in [6.07, 6.45) is -1.10. The van der Waals surface area contributed by atoms with Crippen LogP contribution in [0, 0.1) is 5.82 Å². The van der Waals surface area contributed by atoms with E-state index >= 15 is 0 Å². The van der Waals surface area contributed by atoms with Crippen LogP contribution in [0.3, 0.4) is 0 Å². The number of carbonyl (C=O) groups excluding carboxylic acids is 1. The van der Waals surface area contributed by atoms with Gasteiger partial charge in [-0.3, -0.25) is 9.78 Å². The fraction of sp³-hybridized carbons (Fsp3) is 0.150. The highest BCUT2D eigenvalue weighted by molar-refractivity contribution is 6.05. The lowest BCUT2D eigenvalue weighted by Gasteiger charge is -2.13. The van der Waals surface area contributed by atoms with Gasteiger partial charge >= 0.3 is 6.18 Å². The first-order valence-electron chi connectivity index (χ1n) is 8.61. The van der Waals surface area contributed by atoms with E-state index in [9.17, 15) is 22.4 Å². The maximum Gasteiger partial charge on any atom is 0.417 e. The number of carbonyl (C=O) groups is 1. The van der Waals surface area contributed by atoms with Crippen molar-refractivity contribution < 1.29 is 22.4 Å². The Morgan fingerprint density at radius 3 is 2.52 bits per heavy atom. The minimum absolute atomic E-state index is 0.183. The second kappa shape index (κ2) is 8.68. The maximum atomic E-state index is 13.4. The molecule has 0 unspecified atom stereocenters. The first-order chi connectivity index (χ1) is 13.8. The van der Waals surface area contributed by atoms with Crippen molar-refractivity contribution in [3.8, 4) is 0 Å². The van der Waals surface area contributed by atoms with Gasteiger partial charge in [0.25, 0.3) is 5.91 Å². The minimum atomic E-state index is -4.78. The van der Waals surface area contributed by atoms with Crippen molar-refractivity contribution in [2.24, 2.45) is 0 Å². The van der Waals surface area contributed by atoms with Crippen LogP contribution >= 0.6 is 0 Å². The molecule has 1 aromatic carbocycles. The van der Waals surface area contributed by atoms with E-state index in [1.54, 1.807) is 12.3 Å². The first kappa shape index (κ1) is 20.2. The Kier molecular flexibility index (Phi) is 6.06. The summed E-state index contributed by atoms with van der Waals surface area (Å²) in [5.74, 6) is -1.48. The van der Waals surface area contributed by atoms with Crippen LogP contribution in [-0.4, -0.2) is 22.4 Å². The largest absolute Gasteiger partial charge is 0.417 e. The van der Waals surface area contributed by atoms with Gasteiger partial charge in [-0.25, -0.2) is 9.37 Å². The van der Waals surface area contributed by atoms with E-state index in [2.05, 4.69) is 20.6 Å². The van der Waals surface area contributed by atoms with Crippen molar-refractivity contribution in [1.29, 1.82) is 0 Å². The molecule has 1 amide bonds. The Hall–Kier alpha value is -3.49. The van der Waals surface area contributed by atoms with Gasteiger partial charge in [0.05, 0.1) is 23.0 Å². The Bertz CT molecular complexity index is 976. The summed E-state index contributed by atoms with van der Waals surface area (Å²) in [5.41, 5.74) is -0.908. The number of hydrogen-bond acceptors (Lipinski definition) is 4. The van der Waals surface area contributed by atoms with Gasteiger partial charge in [0.1, 0.15) is 11.6 Å². The molecule has 150 valence electrons. The standard InChI is InChI=1S/C20H16F4N4O/c21-13-4-6-17(20(22,23)24)16(11-13)19(29)28-15-5-7-18(27-12-15)26-10-8-14-3-1-2-9-25-14/h1-7,9,11-12H,8,10H2,(H,26,27)(H,28,29). The van der Waals surface area contributed by atoms with Crippen molar-refractivity contribution >= 4 is 17.4 Å². The van der Waals surface area contributed by atoms with E-state index in [1.807, 2.05) is 18.2 Å². The number of benzene rings is 1. The molecule has 9 heteroatoms. The second-order valence-corrected chi connectivity index (χ2v) is 6.07. The molecular formula is C20H16F4N4O. The van der Waals surface area contributed by atoms with E-state index in [1.165, 1.54) is 12.3 Å². The molecular weight excluding hydrogens is 388 g/mol. The Labute approximate surface area is 163 Å². The summed E-state index contributed by atoms with van der Waals surface area (Å²) in [4.78, 5) is 20.5. The summed E-state index contributed by atoms with van der Waals surface area (Å²) in [7, 11) is 0. The van der Waals surface area contributed by atoms with E-state index in [0.717, 1.165) is 5.69 Å². The van der Waals surface area contributed by atoms with Gasteiger partial charge in [0, 0.05) is 24.9 Å². The molecule has 0 saturated carbocycles. The molecule has 0 saturated heterocycles. The summed E-state index contributed by atoms with van der Waals surface area (Å²) >= 11 is 0. The van der Waals surface area contributed by atoms with Crippen LogP contribution in [0.15, 0.2) is 60.9 Å². The average Bonchev–Trinajstić information content (AvgIpc) is 2.69. The van der Waals surface area contributed by atoms with Gasteiger partial charge in [-0.1, -0.05) is 6.07 Å². The van der Waals surface area contributed by atoms with Gasteiger partial charge in [-0.2, -0.15) is 13.2 Å². The normalized spacial score (nSPS) is 11.2. The van der Waals surface area contributed by atoms with Crippen molar-refractivity contribution in [3.05, 3.63) is 83.6 Å². The number of anilines is 2. The number of halogens is 4. The lowest BCUT2D eigenvalue weighted by Crippen LogP contribution is -2.19. The minimum Gasteiger partial charge on any atom is -0.370 e. The van der Waals surface area contributed by atoms with Gasteiger partial charge in [0.15, 0.2) is 0 Å². The van der Waals surface area contributed by atoms with Crippen LogP contribution in [0.4, 0.5) is 29.1 Å². The van der Waals surface area contributed by atoms with Gasteiger partial charge in [-0.15, -0.1) is 0 Å². The Balaban J connectivity index is 1.62. The predicted octanol–water partition coefficient (Wildman–Crippen LogP) is 4.54. The van der Waals surface area contributed by atoms with E-state index in [-0.39, 0.29) is 5.69 Å². The zero-order chi connectivity index (χ0) is 20.9. The molecule has 0 spiro atoms. The fourth-order valence-electron chi connectivity index (χ4n) is 2.59. The highest BCUT2D eigenvalue weighted by atomic mass is 19.4. The topological polar surface area (TPSA) is 66.9 Å². The number of rotatable bonds is 6. The maximum absolute atomic E-state index is 13.4. The van der Waals surface area contributed by atoms with Gasteiger partial charge < -0.3 is 10.6 Å². The summed E-state index contributed by atoms with van der Waals surface area (Å²) in [6.45, 7) is 0.577. The monoisotopic (exact) mass is 404 g/mol. The molecule has 0 radical (unpaired) electrons. The lowest BCUT2D eigenvalue weighted by atomic mass is 10.1. The quantitative estimate of drug-likeness (QED) is 0.592. The molecule has 2 heterocycles. The highest BCUT2D eigenvalue weighted by Gasteiger charge is 2.35. The van der Waals surface area contributed by atoms with Crippen molar-refractivity contribution in [2.75, 3.05) is 17.2 Å². The van der Waals surface area contributed by atoms with Crippen LogP contribution in [0.5, 0.6) is 0 Å². The summed E-state index contributed by atoms with van der Waals surface area (Å²) in [6, 6.07) is 10.4. The number of nitrogens with zero attached hydrogens (tertiary/aromatic N) is 2.